The SMILES string of the molecule is COCCC(=O)N(C)C1CCCC1CN. The number of hydrogen-bond acceptors (Lipinski definition) is 3. The molecule has 0 spiro atoms. The molecule has 1 aliphatic rings. The Kier molecular flexibility index (Phi) is 5.05. The van der Waals surface area contributed by atoms with Gasteiger partial charge in [-0.3, -0.25) is 4.79 Å². The number of nitrogens with zero attached hydrogens (tertiary/aromatic N) is 1. The molecular weight excluding hydrogens is 192 g/mol. The number of nitrogens with two attached hydrogens (primary N) is 1. The fourth-order valence-electron chi connectivity index (χ4n) is 2.35. The molecule has 15 heavy (non-hydrogen) atoms. The van der Waals surface area contributed by atoms with E-state index in [1.165, 1.54) is 6.42 Å². The fourth-order valence-corrected chi connectivity index (χ4v) is 2.35. The van der Waals surface area contributed by atoms with E-state index in [9.17, 15) is 4.79 Å². The van der Waals surface area contributed by atoms with Crippen LogP contribution >= 0.6 is 0 Å². The van der Waals surface area contributed by atoms with Gasteiger partial charge in [-0.25, -0.2) is 0 Å². The van der Waals surface area contributed by atoms with Crippen molar-refractivity contribution in [1.82, 2.24) is 4.90 Å². The summed E-state index contributed by atoms with van der Waals surface area (Å²) in [5, 5.41) is 0. The van der Waals surface area contributed by atoms with Crippen LogP contribution < -0.4 is 5.73 Å². The summed E-state index contributed by atoms with van der Waals surface area (Å²) in [6.07, 6.45) is 3.91. The molecule has 0 aromatic carbocycles. The molecule has 0 bridgehead atoms. The Hall–Kier alpha value is -0.610. The third kappa shape index (κ3) is 3.18. The molecule has 0 radical (unpaired) electrons. The molecule has 4 heteroatoms. The van der Waals surface area contributed by atoms with Crippen LogP contribution in [0.3, 0.4) is 0 Å². The highest BCUT2D eigenvalue weighted by Gasteiger charge is 2.31. The molecule has 2 atom stereocenters. The van der Waals surface area contributed by atoms with E-state index >= 15 is 0 Å². The van der Waals surface area contributed by atoms with Crippen LogP contribution in [0, 0.1) is 5.92 Å². The van der Waals surface area contributed by atoms with E-state index in [0.717, 1.165) is 12.8 Å². The van der Waals surface area contributed by atoms with Gasteiger partial charge in [-0.2, -0.15) is 0 Å². The number of carbonyl (C=O) groups excluding carboxylic acids is 1. The summed E-state index contributed by atoms with van der Waals surface area (Å²) in [5.74, 6) is 0.656. The second-order valence-corrected chi connectivity index (χ2v) is 4.24. The van der Waals surface area contributed by atoms with Crippen molar-refractivity contribution in [2.45, 2.75) is 31.7 Å². The third-order valence-electron chi connectivity index (χ3n) is 3.33. The minimum atomic E-state index is 0.169. The lowest BCUT2D eigenvalue weighted by atomic mass is 10.0. The number of methoxy groups -OCH3 is 1. The Morgan fingerprint density at radius 1 is 1.53 bits per heavy atom. The summed E-state index contributed by atoms with van der Waals surface area (Å²) in [6, 6.07) is 0.347. The minimum Gasteiger partial charge on any atom is -0.384 e. The van der Waals surface area contributed by atoms with Gasteiger partial charge in [-0.05, 0) is 25.3 Å². The van der Waals surface area contributed by atoms with E-state index in [4.69, 9.17) is 10.5 Å². The Morgan fingerprint density at radius 2 is 2.27 bits per heavy atom. The molecule has 1 fully saturated rings. The Balaban J connectivity index is 2.44. The normalized spacial score (nSPS) is 25.5. The van der Waals surface area contributed by atoms with Crippen LogP contribution in [0.5, 0.6) is 0 Å². The van der Waals surface area contributed by atoms with Crippen molar-refractivity contribution in [1.29, 1.82) is 0 Å². The largest absolute Gasteiger partial charge is 0.384 e. The Morgan fingerprint density at radius 3 is 2.87 bits per heavy atom. The van der Waals surface area contributed by atoms with Crippen molar-refractivity contribution in [2.24, 2.45) is 11.7 Å². The minimum absolute atomic E-state index is 0.169. The van der Waals surface area contributed by atoms with Gasteiger partial charge in [0.15, 0.2) is 0 Å². The zero-order valence-corrected chi connectivity index (χ0v) is 9.74. The predicted molar refractivity (Wildman–Crippen MR) is 59.4 cm³/mol. The summed E-state index contributed by atoms with van der Waals surface area (Å²) < 4.78 is 4.91. The van der Waals surface area contributed by atoms with Crippen LogP contribution in [-0.4, -0.2) is 44.2 Å². The van der Waals surface area contributed by atoms with E-state index < -0.39 is 0 Å². The summed E-state index contributed by atoms with van der Waals surface area (Å²) in [5.41, 5.74) is 5.70. The third-order valence-corrected chi connectivity index (χ3v) is 3.33. The maximum Gasteiger partial charge on any atom is 0.224 e. The maximum absolute atomic E-state index is 11.8. The van der Waals surface area contributed by atoms with Crippen molar-refractivity contribution in [3.63, 3.8) is 0 Å². The molecule has 1 rings (SSSR count). The molecular formula is C11H22N2O2. The molecule has 1 saturated carbocycles. The van der Waals surface area contributed by atoms with Crippen molar-refractivity contribution >= 4 is 5.91 Å². The smallest absolute Gasteiger partial charge is 0.224 e. The molecule has 0 saturated heterocycles. The molecule has 0 heterocycles. The van der Waals surface area contributed by atoms with E-state index in [2.05, 4.69) is 0 Å². The molecule has 2 N–H and O–H groups in total. The van der Waals surface area contributed by atoms with Crippen LogP contribution in [0.1, 0.15) is 25.7 Å². The number of amides is 1. The predicted octanol–water partition coefficient (Wildman–Crippen LogP) is 0.609. The lowest BCUT2D eigenvalue weighted by molar-refractivity contribution is -0.133. The molecule has 0 aromatic rings. The van der Waals surface area contributed by atoms with Crippen molar-refractivity contribution in [2.75, 3.05) is 27.3 Å². The zero-order valence-electron chi connectivity index (χ0n) is 9.74. The lowest BCUT2D eigenvalue weighted by Gasteiger charge is -2.29. The first-order valence-electron chi connectivity index (χ1n) is 5.65. The Bertz CT molecular complexity index is 209. The molecule has 88 valence electrons. The Labute approximate surface area is 91.8 Å². The highest BCUT2D eigenvalue weighted by Crippen LogP contribution is 2.28. The molecule has 2 unspecified atom stereocenters. The first-order chi connectivity index (χ1) is 7.20. The topological polar surface area (TPSA) is 55.6 Å². The molecule has 4 nitrogen and oxygen atoms in total. The van der Waals surface area contributed by atoms with Crippen LogP contribution in [0.25, 0.3) is 0 Å². The maximum atomic E-state index is 11.8. The second kappa shape index (κ2) is 6.08. The summed E-state index contributed by atoms with van der Waals surface area (Å²) in [4.78, 5) is 13.6. The number of ether oxygens (including phenoxy) is 1. The van der Waals surface area contributed by atoms with Gasteiger partial charge in [0.05, 0.1) is 13.0 Å². The number of hydrogen-bond donors (Lipinski definition) is 1. The fraction of sp³-hybridized carbons (Fsp3) is 0.909. The molecule has 0 aromatic heterocycles. The van der Waals surface area contributed by atoms with E-state index in [1.807, 2.05) is 11.9 Å². The van der Waals surface area contributed by atoms with Crippen LogP contribution in [0.2, 0.25) is 0 Å². The number of carbonyl (C=O) groups is 1. The van der Waals surface area contributed by atoms with Gasteiger partial charge in [0.2, 0.25) is 5.91 Å². The highest BCUT2D eigenvalue weighted by atomic mass is 16.5. The highest BCUT2D eigenvalue weighted by molar-refractivity contribution is 5.76. The van der Waals surface area contributed by atoms with Gasteiger partial charge in [0, 0.05) is 20.2 Å². The van der Waals surface area contributed by atoms with Crippen molar-refractivity contribution in [3.8, 4) is 0 Å². The lowest BCUT2D eigenvalue weighted by Crippen LogP contribution is -2.41. The van der Waals surface area contributed by atoms with E-state index in [-0.39, 0.29) is 5.91 Å². The van der Waals surface area contributed by atoms with Crippen molar-refractivity contribution in [3.05, 3.63) is 0 Å². The first kappa shape index (κ1) is 12.5. The van der Waals surface area contributed by atoms with Crippen LogP contribution in [0.4, 0.5) is 0 Å². The van der Waals surface area contributed by atoms with E-state index in [0.29, 0.717) is 31.5 Å². The molecule has 1 aliphatic carbocycles. The monoisotopic (exact) mass is 214 g/mol. The van der Waals surface area contributed by atoms with Gasteiger partial charge in [0.25, 0.3) is 0 Å². The van der Waals surface area contributed by atoms with E-state index in [1.54, 1.807) is 7.11 Å². The summed E-state index contributed by atoms with van der Waals surface area (Å²) in [7, 11) is 3.50. The quantitative estimate of drug-likeness (QED) is 0.729. The van der Waals surface area contributed by atoms with Gasteiger partial charge in [-0.15, -0.1) is 0 Å². The first-order valence-corrected chi connectivity index (χ1v) is 5.65. The van der Waals surface area contributed by atoms with Crippen LogP contribution in [-0.2, 0) is 9.53 Å². The molecule has 1 amide bonds. The van der Waals surface area contributed by atoms with Gasteiger partial charge in [-0.1, -0.05) is 6.42 Å². The molecule has 0 aliphatic heterocycles. The van der Waals surface area contributed by atoms with Crippen LogP contribution in [0.15, 0.2) is 0 Å². The standard InChI is InChI=1S/C11H22N2O2/c1-13(11(14)6-7-15-2)10-5-3-4-9(10)8-12/h9-10H,3-8,12H2,1-2H3. The van der Waals surface area contributed by atoms with Gasteiger partial charge >= 0.3 is 0 Å². The summed E-state index contributed by atoms with van der Waals surface area (Å²) >= 11 is 0. The average Bonchev–Trinajstić information content (AvgIpc) is 2.72. The average molecular weight is 214 g/mol. The van der Waals surface area contributed by atoms with Crippen molar-refractivity contribution < 1.29 is 9.53 Å². The zero-order chi connectivity index (χ0) is 11.3. The second-order valence-electron chi connectivity index (χ2n) is 4.24. The summed E-state index contributed by atoms with van der Waals surface area (Å²) in [6.45, 7) is 1.19. The van der Waals surface area contributed by atoms with Gasteiger partial charge < -0.3 is 15.4 Å². The number of rotatable bonds is 5. The van der Waals surface area contributed by atoms with Gasteiger partial charge in [0.1, 0.15) is 0 Å².